The van der Waals surface area contributed by atoms with Crippen molar-refractivity contribution in [2.24, 2.45) is 0 Å². The zero-order valence-electron chi connectivity index (χ0n) is 14.6. The molecule has 0 unspecified atom stereocenters. The van der Waals surface area contributed by atoms with E-state index >= 15 is 0 Å². The Morgan fingerprint density at radius 3 is 2.26 bits per heavy atom. The number of furan rings is 1. The van der Waals surface area contributed by atoms with E-state index in [1.54, 1.807) is 0 Å². The summed E-state index contributed by atoms with van der Waals surface area (Å²) in [5.74, 6) is 1.44. The lowest BCUT2D eigenvalue weighted by Crippen LogP contribution is -2.48. The quantitative estimate of drug-likeness (QED) is 0.505. The lowest BCUT2D eigenvalue weighted by molar-refractivity contribution is 0.385. The lowest BCUT2D eigenvalue weighted by Gasteiger charge is -2.37. The Balaban J connectivity index is 1.43. The van der Waals surface area contributed by atoms with Gasteiger partial charge in [0.05, 0.1) is 5.02 Å². The molecule has 0 radical (unpaired) electrons. The Hall–Kier alpha value is -2.01. The van der Waals surface area contributed by atoms with E-state index in [0.717, 1.165) is 47.5 Å². The third-order valence-electron chi connectivity index (χ3n) is 4.71. The first kappa shape index (κ1) is 18.4. The summed E-state index contributed by atoms with van der Waals surface area (Å²) < 4.78 is 5.99. The van der Waals surface area contributed by atoms with Crippen LogP contribution in [0.4, 0.5) is 5.69 Å². The molecule has 1 aliphatic heterocycles. The lowest BCUT2D eigenvalue weighted by atomic mass is 10.2. The van der Waals surface area contributed by atoms with Crippen molar-refractivity contribution in [1.29, 1.82) is 0 Å². The van der Waals surface area contributed by atoms with Gasteiger partial charge in [-0.3, -0.25) is 0 Å². The van der Waals surface area contributed by atoms with Crippen molar-refractivity contribution in [3.63, 3.8) is 0 Å². The normalized spacial score (nSPS) is 14.4. The number of halogens is 2. The molecule has 2 aromatic carbocycles. The van der Waals surface area contributed by atoms with Crippen LogP contribution in [0.3, 0.4) is 0 Å². The van der Waals surface area contributed by atoms with Gasteiger partial charge in [-0.1, -0.05) is 47.6 Å². The maximum atomic E-state index is 6.26. The molecule has 4 rings (SSSR count). The Morgan fingerprint density at radius 2 is 1.56 bits per heavy atom. The first-order valence-electron chi connectivity index (χ1n) is 8.76. The summed E-state index contributed by atoms with van der Waals surface area (Å²) in [5, 5.41) is 1.42. The van der Waals surface area contributed by atoms with Crippen LogP contribution in [0.15, 0.2) is 65.1 Å². The highest BCUT2D eigenvalue weighted by molar-refractivity contribution is 7.80. The number of benzene rings is 2. The van der Waals surface area contributed by atoms with Crippen LogP contribution in [0.25, 0.3) is 11.3 Å². The summed E-state index contributed by atoms with van der Waals surface area (Å²) in [6.45, 7) is 3.51. The van der Waals surface area contributed by atoms with Crippen molar-refractivity contribution in [3.8, 4) is 11.3 Å². The van der Waals surface area contributed by atoms with Crippen LogP contribution in [0.1, 0.15) is 5.76 Å². The van der Waals surface area contributed by atoms with Gasteiger partial charge in [-0.15, -0.1) is 0 Å². The smallest absolute Gasteiger partial charge is 0.162 e. The minimum atomic E-state index is 0.667. The summed E-state index contributed by atoms with van der Waals surface area (Å²) in [5.41, 5.74) is 2.06. The zero-order valence-corrected chi connectivity index (χ0v) is 16.9. The highest BCUT2D eigenvalue weighted by Gasteiger charge is 2.22. The van der Waals surface area contributed by atoms with Crippen LogP contribution in [0.2, 0.25) is 10.0 Å². The van der Waals surface area contributed by atoms with Crippen molar-refractivity contribution in [3.05, 3.63) is 76.5 Å². The molecule has 1 fully saturated rings. The number of piperazine rings is 1. The molecule has 0 amide bonds. The van der Waals surface area contributed by atoms with E-state index in [9.17, 15) is 0 Å². The van der Waals surface area contributed by atoms with Crippen molar-refractivity contribution in [1.82, 2.24) is 4.90 Å². The van der Waals surface area contributed by atoms with Crippen LogP contribution in [-0.4, -0.2) is 36.1 Å². The van der Waals surface area contributed by atoms with Crippen LogP contribution in [0, 0.1) is 0 Å². The first-order chi connectivity index (χ1) is 13.1. The summed E-state index contributed by atoms with van der Waals surface area (Å²) in [6.07, 6.45) is 0. The molecule has 1 aliphatic rings. The third-order valence-corrected chi connectivity index (χ3v) is 5.76. The highest BCUT2D eigenvalue weighted by atomic mass is 35.5. The molecule has 2 heterocycles. The predicted molar refractivity (Wildman–Crippen MR) is 116 cm³/mol. The van der Waals surface area contributed by atoms with Crippen molar-refractivity contribution in [2.45, 2.75) is 0 Å². The minimum absolute atomic E-state index is 0.667. The Bertz CT molecular complexity index is 947. The molecule has 3 aromatic rings. The average Bonchev–Trinajstić information content (AvgIpc) is 3.18. The van der Waals surface area contributed by atoms with E-state index in [2.05, 4.69) is 21.9 Å². The van der Waals surface area contributed by atoms with Gasteiger partial charge in [-0.05, 0) is 48.5 Å². The van der Waals surface area contributed by atoms with E-state index in [1.807, 2.05) is 48.5 Å². The SMILES string of the molecule is S=C(c1ccc(-c2ccccc2Cl)o1)N1CCN(c2ccc(Cl)cc2)CC1. The van der Waals surface area contributed by atoms with Gasteiger partial charge in [-0.25, -0.2) is 0 Å². The molecule has 0 spiro atoms. The molecule has 1 saturated heterocycles. The fourth-order valence-corrected chi connectivity index (χ4v) is 3.88. The van der Waals surface area contributed by atoms with Gasteiger partial charge in [0.15, 0.2) is 5.76 Å². The van der Waals surface area contributed by atoms with Crippen molar-refractivity contribution < 1.29 is 4.42 Å². The number of hydrogen-bond donors (Lipinski definition) is 0. The van der Waals surface area contributed by atoms with Crippen molar-refractivity contribution in [2.75, 3.05) is 31.1 Å². The predicted octanol–water partition coefficient (Wildman–Crippen LogP) is 5.75. The average molecular weight is 417 g/mol. The second-order valence-electron chi connectivity index (χ2n) is 6.40. The molecule has 0 bridgehead atoms. The van der Waals surface area contributed by atoms with Crippen molar-refractivity contribution >= 4 is 46.1 Å². The summed E-state index contributed by atoms with van der Waals surface area (Å²) in [7, 11) is 0. The number of rotatable bonds is 3. The van der Waals surface area contributed by atoms with E-state index < -0.39 is 0 Å². The molecule has 0 aliphatic carbocycles. The summed E-state index contributed by atoms with van der Waals surface area (Å²) >= 11 is 17.9. The second-order valence-corrected chi connectivity index (χ2v) is 7.63. The van der Waals surface area contributed by atoms with Gasteiger partial charge in [0, 0.05) is 42.5 Å². The van der Waals surface area contributed by atoms with Gasteiger partial charge < -0.3 is 14.2 Å². The Kier molecular flexibility index (Phi) is 5.39. The van der Waals surface area contributed by atoms with Crippen LogP contribution in [-0.2, 0) is 0 Å². The zero-order chi connectivity index (χ0) is 18.8. The van der Waals surface area contributed by atoms with Crippen LogP contribution < -0.4 is 4.90 Å². The van der Waals surface area contributed by atoms with E-state index in [1.165, 1.54) is 5.69 Å². The van der Waals surface area contributed by atoms with E-state index in [4.69, 9.17) is 39.8 Å². The number of nitrogens with zero attached hydrogens (tertiary/aromatic N) is 2. The summed E-state index contributed by atoms with van der Waals surface area (Å²) in [6, 6.07) is 19.4. The molecule has 3 nitrogen and oxygen atoms in total. The van der Waals surface area contributed by atoms with Gasteiger partial charge >= 0.3 is 0 Å². The third kappa shape index (κ3) is 3.98. The highest BCUT2D eigenvalue weighted by Crippen LogP contribution is 2.30. The van der Waals surface area contributed by atoms with Gasteiger partial charge in [-0.2, -0.15) is 0 Å². The maximum absolute atomic E-state index is 6.26. The Morgan fingerprint density at radius 1 is 0.852 bits per heavy atom. The van der Waals surface area contributed by atoms with Crippen LogP contribution in [0.5, 0.6) is 0 Å². The molecule has 0 atom stereocenters. The minimum Gasteiger partial charge on any atom is -0.454 e. The van der Waals surface area contributed by atoms with Gasteiger partial charge in [0.25, 0.3) is 0 Å². The van der Waals surface area contributed by atoms with Gasteiger partial charge in [0.2, 0.25) is 0 Å². The fraction of sp³-hybridized carbons (Fsp3) is 0.190. The molecule has 0 saturated carbocycles. The number of hydrogen-bond acceptors (Lipinski definition) is 3. The standard InChI is InChI=1S/C21H18Cl2N2OS/c22-15-5-7-16(8-6-15)24-11-13-25(14-12-24)21(27)20-10-9-19(26-20)17-3-1-2-4-18(17)23/h1-10H,11-14H2. The molecule has 138 valence electrons. The summed E-state index contributed by atoms with van der Waals surface area (Å²) in [4.78, 5) is 5.27. The molecule has 0 N–H and O–H groups in total. The number of thiocarbonyl (C=S) groups is 1. The van der Waals surface area contributed by atoms with E-state index in [0.29, 0.717) is 10.8 Å². The molecular formula is C21H18Cl2N2OS. The first-order valence-corrected chi connectivity index (χ1v) is 9.93. The van der Waals surface area contributed by atoms with Gasteiger partial charge in [0.1, 0.15) is 10.7 Å². The van der Waals surface area contributed by atoms with Crippen LogP contribution >= 0.6 is 35.4 Å². The molecule has 1 aromatic heterocycles. The molecule has 6 heteroatoms. The molecular weight excluding hydrogens is 399 g/mol. The second kappa shape index (κ2) is 7.93. The monoisotopic (exact) mass is 416 g/mol. The Labute approximate surface area is 174 Å². The topological polar surface area (TPSA) is 19.6 Å². The fourth-order valence-electron chi connectivity index (χ4n) is 3.23. The largest absolute Gasteiger partial charge is 0.454 e. The molecule has 27 heavy (non-hydrogen) atoms. The maximum Gasteiger partial charge on any atom is 0.162 e. The number of anilines is 1. The van der Waals surface area contributed by atoms with E-state index in [-0.39, 0.29) is 0 Å².